The minimum absolute atomic E-state index is 0.659. The van der Waals surface area contributed by atoms with Crippen LogP contribution in [0.1, 0.15) is 246 Å². The Morgan fingerprint density at radius 2 is 0.500 bits per heavy atom. The fourth-order valence-corrected chi connectivity index (χ4v) is 6.24. The van der Waals surface area contributed by atoms with Crippen molar-refractivity contribution in [2.45, 2.75) is 241 Å². The molecular weight excluding hydrogens is 625 g/mol. The first-order valence-electron chi connectivity index (χ1n) is 23.2. The van der Waals surface area contributed by atoms with Crippen molar-refractivity contribution in [3.05, 3.63) is 35.9 Å². The van der Waals surface area contributed by atoms with Crippen molar-refractivity contribution >= 4 is 0 Å². The highest BCUT2D eigenvalue weighted by atomic mass is 14.2. The summed E-state index contributed by atoms with van der Waals surface area (Å²) in [6.45, 7) is 44.6. The fourth-order valence-electron chi connectivity index (χ4n) is 6.24. The fraction of sp³-hybridized carbons (Fsp3) is 0.885. The Labute approximate surface area is 334 Å². The largest absolute Gasteiger partial charge is 0.0630 e. The van der Waals surface area contributed by atoms with Crippen LogP contribution >= 0.6 is 0 Å². The highest BCUT2D eigenvalue weighted by molar-refractivity contribution is 5.17. The van der Waals surface area contributed by atoms with E-state index in [0.717, 1.165) is 59.2 Å². The quantitative estimate of drug-likeness (QED) is 0.271. The maximum atomic E-state index is 2.37. The second-order valence-corrected chi connectivity index (χ2v) is 20.4. The van der Waals surface area contributed by atoms with Gasteiger partial charge in [-0.15, -0.1) is 0 Å². The van der Waals surface area contributed by atoms with Crippen LogP contribution in [0.15, 0.2) is 30.3 Å². The summed E-state index contributed by atoms with van der Waals surface area (Å²) in [5.41, 5.74) is 1.41. The molecule has 0 aliphatic heterocycles. The smallest absolute Gasteiger partial charge is 0.0219 e. The SMILES string of the molecule is CC(C)C.CC(C)C.CC(C)C.CC(C)C.CC(C)C1CCCC1.CC(C)C1CCCCC1.CC(C)C1CCCCCC1.CC(C)c1ccccc1. The molecule has 0 heteroatoms. The molecule has 0 bridgehead atoms. The van der Waals surface area contributed by atoms with Crippen molar-refractivity contribution in [2.75, 3.05) is 0 Å². The van der Waals surface area contributed by atoms with Gasteiger partial charge >= 0.3 is 0 Å². The molecule has 0 unspecified atom stereocenters. The summed E-state index contributed by atoms with van der Waals surface area (Å²) in [5.74, 6) is 9.96. The van der Waals surface area contributed by atoms with E-state index in [4.69, 9.17) is 0 Å². The lowest BCUT2D eigenvalue weighted by atomic mass is 9.82. The van der Waals surface area contributed by atoms with E-state index in [1.165, 1.54) is 102 Å². The summed E-state index contributed by atoms with van der Waals surface area (Å²) in [7, 11) is 0. The lowest BCUT2D eigenvalue weighted by Gasteiger charge is -2.24. The van der Waals surface area contributed by atoms with Gasteiger partial charge in [-0.05, 0) is 70.7 Å². The van der Waals surface area contributed by atoms with E-state index in [1.54, 1.807) is 0 Å². The summed E-state index contributed by atoms with van der Waals surface area (Å²) in [6, 6.07) is 10.5. The van der Waals surface area contributed by atoms with Crippen LogP contribution in [0.25, 0.3) is 0 Å². The van der Waals surface area contributed by atoms with E-state index in [1.807, 2.05) is 6.07 Å². The molecule has 1 aromatic rings. The van der Waals surface area contributed by atoms with E-state index >= 15 is 0 Å². The average molecular weight is 731 g/mol. The molecule has 0 aromatic heterocycles. The molecule has 4 rings (SSSR count). The first-order valence-corrected chi connectivity index (χ1v) is 23.2. The van der Waals surface area contributed by atoms with Gasteiger partial charge in [-0.25, -0.2) is 0 Å². The lowest BCUT2D eigenvalue weighted by Crippen LogP contribution is -2.12. The second-order valence-electron chi connectivity index (χ2n) is 20.4. The van der Waals surface area contributed by atoms with Crippen LogP contribution in [-0.2, 0) is 0 Å². The third kappa shape index (κ3) is 51.3. The van der Waals surface area contributed by atoms with Crippen LogP contribution < -0.4 is 0 Å². The Kier molecular flexibility index (Phi) is 44.5. The third-order valence-electron chi connectivity index (χ3n) is 9.24. The Morgan fingerprint density at radius 1 is 0.308 bits per heavy atom. The van der Waals surface area contributed by atoms with E-state index in [9.17, 15) is 0 Å². The molecule has 3 saturated carbocycles. The normalized spacial score (nSPS) is 16.5. The van der Waals surface area contributed by atoms with E-state index in [0.29, 0.717) is 5.92 Å². The summed E-state index contributed by atoms with van der Waals surface area (Å²) in [4.78, 5) is 0. The first-order chi connectivity index (χ1) is 24.1. The highest BCUT2D eigenvalue weighted by Crippen LogP contribution is 2.31. The van der Waals surface area contributed by atoms with Gasteiger partial charge in [0.1, 0.15) is 0 Å². The zero-order valence-corrected chi connectivity index (χ0v) is 40.3. The summed E-state index contributed by atoms with van der Waals surface area (Å²) < 4.78 is 0. The standard InChI is InChI=1S/C10H20.C9H18.C9H12.C8H16.4C4H10/c1-9(2)10-7-5-3-4-6-8-10;2*1-8(2)9-6-4-3-5-7-9;1-7(2)8-5-3-4-6-8;4*1-4(2)3/h9-10H,3-8H2,1-2H3;8-9H,3-7H2,1-2H3;3-8H,1-2H3;7-8H,3-6H2,1-2H3;4*4H,1-3H3. The maximum absolute atomic E-state index is 2.37. The number of rotatable bonds is 4. The molecule has 3 aliphatic carbocycles. The van der Waals surface area contributed by atoms with E-state index in [-0.39, 0.29) is 0 Å². The monoisotopic (exact) mass is 731 g/mol. The Hall–Kier alpha value is -0.780. The van der Waals surface area contributed by atoms with Gasteiger partial charge in [-0.3, -0.25) is 0 Å². The molecule has 52 heavy (non-hydrogen) atoms. The molecule has 0 N–H and O–H groups in total. The number of hydrogen-bond acceptors (Lipinski definition) is 0. The molecule has 0 saturated heterocycles. The molecule has 0 radical (unpaired) electrons. The van der Waals surface area contributed by atoms with Crippen LogP contribution in [-0.4, -0.2) is 0 Å². The predicted molar refractivity (Wildman–Crippen MR) is 247 cm³/mol. The van der Waals surface area contributed by atoms with E-state index < -0.39 is 0 Å². The number of hydrogen-bond donors (Lipinski definition) is 0. The molecule has 0 nitrogen and oxygen atoms in total. The van der Waals surface area contributed by atoms with Gasteiger partial charge in [0.25, 0.3) is 0 Å². The van der Waals surface area contributed by atoms with E-state index in [2.05, 4.69) is 163 Å². The van der Waals surface area contributed by atoms with Crippen molar-refractivity contribution in [3.63, 3.8) is 0 Å². The zero-order chi connectivity index (χ0) is 41.1. The molecule has 0 amide bonds. The lowest BCUT2D eigenvalue weighted by molar-refractivity contribution is 0.279. The van der Waals surface area contributed by atoms with Gasteiger partial charge in [0.2, 0.25) is 0 Å². The van der Waals surface area contributed by atoms with Crippen LogP contribution in [0, 0.1) is 59.2 Å². The third-order valence-corrected chi connectivity index (χ3v) is 9.24. The van der Waals surface area contributed by atoms with Crippen LogP contribution in [0.5, 0.6) is 0 Å². The zero-order valence-electron chi connectivity index (χ0n) is 40.3. The van der Waals surface area contributed by atoms with Crippen molar-refractivity contribution in [3.8, 4) is 0 Å². The molecule has 314 valence electrons. The van der Waals surface area contributed by atoms with Crippen LogP contribution in [0.2, 0.25) is 0 Å². The number of benzene rings is 1. The predicted octanol–water partition coefficient (Wildman–Crippen LogP) is 19.1. The molecular formula is C52H106. The molecule has 1 aromatic carbocycles. The van der Waals surface area contributed by atoms with Gasteiger partial charge < -0.3 is 0 Å². The van der Waals surface area contributed by atoms with Crippen molar-refractivity contribution in [2.24, 2.45) is 59.2 Å². The molecule has 3 aliphatic rings. The van der Waals surface area contributed by atoms with Gasteiger partial charge in [0, 0.05) is 0 Å². The Bertz CT molecular complexity index is 709. The topological polar surface area (TPSA) is 0 Å². The van der Waals surface area contributed by atoms with Crippen LogP contribution in [0.4, 0.5) is 0 Å². The molecule has 0 spiro atoms. The van der Waals surface area contributed by atoms with Gasteiger partial charge in [-0.2, -0.15) is 0 Å². The molecule has 0 heterocycles. The summed E-state index contributed by atoms with van der Waals surface area (Å²) >= 11 is 0. The Balaban J connectivity index is -0.000000261. The van der Waals surface area contributed by atoms with Crippen molar-refractivity contribution < 1.29 is 0 Å². The average Bonchev–Trinajstić information content (AvgIpc) is 3.45. The molecule has 3 fully saturated rings. The van der Waals surface area contributed by atoms with Gasteiger partial charge in [0.15, 0.2) is 0 Å². The highest BCUT2D eigenvalue weighted by Gasteiger charge is 2.18. The van der Waals surface area contributed by atoms with Crippen molar-refractivity contribution in [1.29, 1.82) is 0 Å². The Morgan fingerprint density at radius 3 is 0.673 bits per heavy atom. The minimum atomic E-state index is 0.659. The van der Waals surface area contributed by atoms with Gasteiger partial charge in [0.05, 0.1) is 0 Å². The van der Waals surface area contributed by atoms with Crippen LogP contribution in [0.3, 0.4) is 0 Å². The maximum Gasteiger partial charge on any atom is -0.0219 e. The minimum Gasteiger partial charge on any atom is -0.0630 e. The summed E-state index contributed by atoms with van der Waals surface area (Å²) in [6.07, 6.45) is 22.4. The van der Waals surface area contributed by atoms with Crippen molar-refractivity contribution in [1.82, 2.24) is 0 Å². The van der Waals surface area contributed by atoms with Gasteiger partial charge in [-0.1, -0.05) is 265 Å². The molecule has 0 atom stereocenters. The summed E-state index contributed by atoms with van der Waals surface area (Å²) in [5, 5.41) is 0. The second kappa shape index (κ2) is 39.9. The first kappa shape index (κ1) is 57.9.